The number of nitrogens with one attached hydrogen (secondary N) is 2. The molecule has 0 aromatic rings. The molecule has 100 valence electrons. The number of ether oxygens (including phenoxy) is 1. The summed E-state index contributed by atoms with van der Waals surface area (Å²) in [6, 6.07) is 0.621. The highest BCUT2D eigenvalue weighted by molar-refractivity contribution is 5.77. The second-order valence-corrected chi connectivity index (χ2v) is 4.54. The molecule has 0 radical (unpaired) electrons. The van der Waals surface area contributed by atoms with Crippen molar-refractivity contribution in [3.05, 3.63) is 0 Å². The van der Waals surface area contributed by atoms with Crippen molar-refractivity contribution in [2.75, 3.05) is 46.9 Å². The summed E-state index contributed by atoms with van der Waals surface area (Å²) in [5.74, 6) is 0.129. The van der Waals surface area contributed by atoms with Crippen LogP contribution in [0.4, 0.5) is 0 Å². The minimum Gasteiger partial charge on any atom is -0.385 e. The molecule has 0 aromatic heterocycles. The van der Waals surface area contributed by atoms with Gasteiger partial charge >= 0.3 is 0 Å². The maximum absolute atomic E-state index is 11.6. The highest BCUT2D eigenvalue weighted by atomic mass is 16.5. The summed E-state index contributed by atoms with van der Waals surface area (Å²) in [6.45, 7) is 3.96. The third kappa shape index (κ3) is 6.00. The molecular weight excluding hydrogens is 218 g/mol. The zero-order chi connectivity index (χ0) is 12.5. The number of hydrogen-bond acceptors (Lipinski definition) is 4. The van der Waals surface area contributed by atoms with E-state index < -0.39 is 0 Å². The largest absolute Gasteiger partial charge is 0.385 e. The first-order valence-corrected chi connectivity index (χ1v) is 6.41. The average molecular weight is 243 g/mol. The molecule has 2 N–H and O–H groups in total. The molecule has 1 saturated heterocycles. The summed E-state index contributed by atoms with van der Waals surface area (Å²) in [4.78, 5) is 13.8. The third-order valence-corrected chi connectivity index (χ3v) is 3.21. The number of nitrogens with zero attached hydrogens (tertiary/aromatic N) is 1. The first-order chi connectivity index (χ1) is 8.26. The fourth-order valence-electron chi connectivity index (χ4n) is 2.08. The predicted octanol–water partition coefficient (Wildman–Crippen LogP) is -0.177. The number of hydrogen-bond donors (Lipinski definition) is 2. The van der Waals surface area contributed by atoms with Crippen LogP contribution >= 0.6 is 0 Å². The van der Waals surface area contributed by atoms with Crippen LogP contribution in [-0.2, 0) is 9.53 Å². The van der Waals surface area contributed by atoms with Gasteiger partial charge in [0.15, 0.2) is 0 Å². The Bertz CT molecular complexity index is 216. The molecule has 1 heterocycles. The minimum atomic E-state index is 0.129. The Hall–Kier alpha value is -0.650. The van der Waals surface area contributed by atoms with E-state index in [9.17, 15) is 4.79 Å². The van der Waals surface area contributed by atoms with Crippen molar-refractivity contribution in [3.8, 4) is 0 Å². The fourth-order valence-corrected chi connectivity index (χ4v) is 2.08. The third-order valence-electron chi connectivity index (χ3n) is 3.21. The van der Waals surface area contributed by atoms with Crippen molar-refractivity contribution in [2.45, 2.75) is 25.3 Å². The van der Waals surface area contributed by atoms with E-state index in [1.54, 1.807) is 7.11 Å². The van der Waals surface area contributed by atoms with Gasteiger partial charge in [0, 0.05) is 39.4 Å². The lowest BCUT2D eigenvalue weighted by atomic mass is 10.1. The van der Waals surface area contributed by atoms with Crippen LogP contribution in [0.5, 0.6) is 0 Å². The topological polar surface area (TPSA) is 53.6 Å². The zero-order valence-corrected chi connectivity index (χ0v) is 11.0. The van der Waals surface area contributed by atoms with Gasteiger partial charge in [0.05, 0.1) is 6.54 Å². The average Bonchev–Trinajstić information content (AvgIpc) is 2.36. The Labute approximate surface area is 104 Å². The Balaban J connectivity index is 2.06. The van der Waals surface area contributed by atoms with E-state index in [2.05, 4.69) is 15.5 Å². The van der Waals surface area contributed by atoms with Crippen molar-refractivity contribution >= 4 is 5.91 Å². The van der Waals surface area contributed by atoms with E-state index in [0.717, 1.165) is 32.4 Å². The van der Waals surface area contributed by atoms with Crippen molar-refractivity contribution in [1.82, 2.24) is 15.5 Å². The van der Waals surface area contributed by atoms with Crippen molar-refractivity contribution < 1.29 is 9.53 Å². The smallest absolute Gasteiger partial charge is 0.234 e. The number of likely N-dealkylation sites (tertiary alicyclic amines) is 1. The van der Waals surface area contributed by atoms with E-state index in [4.69, 9.17) is 4.74 Å². The van der Waals surface area contributed by atoms with E-state index in [1.165, 1.54) is 0 Å². The minimum absolute atomic E-state index is 0.129. The van der Waals surface area contributed by atoms with Crippen LogP contribution < -0.4 is 10.6 Å². The lowest BCUT2D eigenvalue weighted by Crippen LogP contribution is -2.45. The van der Waals surface area contributed by atoms with Gasteiger partial charge in [-0.1, -0.05) is 0 Å². The predicted molar refractivity (Wildman–Crippen MR) is 68.0 cm³/mol. The molecule has 0 unspecified atom stereocenters. The molecule has 5 heteroatoms. The fraction of sp³-hybridized carbons (Fsp3) is 0.917. The second-order valence-electron chi connectivity index (χ2n) is 4.54. The van der Waals surface area contributed by atoms with Crippen LogP contribution in [0.25, 0.3) is 0 Å². The molecule has 0 aromatic carbocycles. The van der Waals surface area contributed by atoms with Gasteiger partial charge < -0.3 is 15.4 Å². The Morgan fingerprint density at radius 3 is 2.71 bits per heavy atom. The molecule has 1 aliphatic rings. The van der Waals surface area contributed by atoms with Gasteiger partial charge in [0.1, 0.15) is 0 Å². The number of methoxy groups -OCH3 is 1. The first-order valence-electron chi connectivity index (χ1n) is 6.41. The maximum Gasteiger partial charge on any atom is 0.234 e. The summed E-state index contributed by atoms with van der Waals surface area (Å²) in [6.07, 6.45) is 3.14. The van der Waals surface area contributed by atoms with E-state index >= 15 is 0 Å². The van der Waals surface area contributed by atoms with Crippen LogP contribution in [0.2, 0.25) is 0 Å². The van der Waals surface area contributed by atoms with Gasteiger partial charge in [0.25, 0.3) is 0 Å². The zero-order valence-electron chi connectivity index (χ0n) is 11.0. The van der Waals surface area contributed by atoms with Crippen LogP contribution in [0.1, 0.15) is 19.3 Å². The van der Waals surface area contributed by atoms with Gasteiger partial charge in [-0.15, -0.1) is 0 Å². The number of amides is 1. The highest BCUT2D eigenvalue weighted by Crippen LogP contribution is 2.08. The molecular formula is C12H25N3O2. The molecule has 0 spiro atoms. The number of piperidine rings is 1. The van der Waals surface area contributed by atoms with Crippen molar-refractivity contribution in [2.24, 2.45) is 0 Å². The summed E-state index contributed by atoms with van der Waals surface area (Å²) in [5, 5.41) is 6.20. The quantitative estimate of drug-likeness (QED) is 0.609. The van der Waals surface area contributed by atoms with Crippen molar-refractivity contribution in [1.29, 1.82) is 0 Å². The molecule has 1 fully saturated rings. The summed E-state index contributed by atoms with van der Waals surface area (Å²) in [5.41, 5.74) is 0. The number of carbonyl (C=O) groups excluding carboxylic acids is 1. The molecule has 0 aliphatic carbocycles. The number of carbonyl (C=O) groups is 1. The molecule has 0 saturated carbocycles. The molecule has 1 rings (SSSR count). The molecule has 1 aliphatic heterocycles. The van der Waals surface area contributed by atoms with E-state index in [1.807, 2.05) is 7.05 Å². The molecule has 0 bridgehead atoms. The lowest BCUT2D eigenvalue weighted by molar-refractivity contribution is -0.122. The normalized spacial score (nSPS) is 18.2. The van der Waals surface area contributed by atoms with Crippen LogP contribution in [0, 0.1) is 0 Å². The van der Waals surface area contributed by atoms with Crippen LogP contribution in [0.15, 0.2) is 0 Å². The van der Waals surface area contributed by atoms with Gasteiger partial charge in [0.2, 0.25) is 5.91 Å². The van der Waals surface area contributed by atoms with Gasteiger partial charge in [-0.25, -0.2) is 0 Å². The standard InChI is InChI=1S/C12H25N3O2/c1-13-11-4-7-15(8-5-11)10-12(16)14-6-3-9-17-2/h11,13H,3-10H2,1-2H3,(H,14,16). The second kappa shape index (κ2) is 8.44. The van der Waals surface area contributed by atoms with E-state index in [-0.39, 0.29) is 5.91 Å². The Morgan fingerprint density at radius 1 is 1.41 bits per heavy atom. The summed E-state index contributed by atoms with van der Waals surface area (Å²) in [7, 11) is 3.68. The monoisotopic (exact) mass is 243 g/mol. The van der Waals surface area contributed by atoms with Gasteiger partial charge in [-0.2, -0.15) is 0 Å². The van der Waals surface area contributed by atoms with Crippen molar-refractivity contribution in [3.63, 3.8) is 0 Å². The maximum atomic E-state index is 11.6. The summed E-state index contributed by atoms with van der Waals surface area (Å²) >= 11 is 0. The van der Waals surface area contributed by atoms with E-state index in [0.29, 0.717) is 25.7 Å². The Kier molecular flexibility index (Phi) is 7.16. The first kappa shape index (κ1) is 14.4. The molecule has 17 heavy (non-hydrogen) atoms. The SMILES string of the molecule is CNC1CCN(CC(=O)NCCCOC)CC1. The van der Waals surface area contributed by atoms with Crippen LogP contribution in [-0.4, -0.2) is 63.8 Å². The summed E-state index contributed by atoms with van der Waals surface area (Å²) < 4.78 is 4.93. The molecule has 1 amide bonds. The van der Waals surface area contributed by atoms with Gasteiger partial charge in [-0.3, -0.25) is 9.69 Å². The number of rotatable bonds is 7. The highest BCUT2D eigenvalue weighted by Gasteiger charge is 2.19. The molecule has 5 nitrogen and oxygen atoms in total. The van der Waals surface area contributed by atoms with Gasteiger partial charge in [-0.05, 0) is 26.3 Å². The molecule has 0 atom stereocenters. The van der Waals surface area contributed by atoms with Crippen LogP contribution in [0.3, 0.4) is 0 Å². The Morgan fingerprint density at radius 2 is 2.12 bits per heavy atom. The lowest BCUT2D eigenvalue weighted by Gasteiger charge is -2.31.